The standard InChI is InChI=1S/C13H14N2O2/c1-8-4-9(2)6-10(5-8)11-7-12(13(16)17)15(3)14-11/h4-7H,1-3H3,(H,16,17). The molecule has 1 N–H and O–H groups in total. The third kappa shape index (κ3) is 2.20. The first-order valence-electron chi connectivity index (χ1n) is 5.33. The Hall–Kier alpha value is -2.10. The molecular weight excluding hydrogens is 216 g/mol. The van der Waals surface area contributed by atoms with Crippen LogP contribution in [-0.4, -0.2) is 20.9 Å². The molecule has 1 aromatic heterocycles. The lowest BCUT2D eigenvalue weighted by molar-refractivity contribution is 0.0685. The summed E-state index contributed by atoms with van der Waals surface area (Å²) in [7, 11) is 1.63. The fraction of sp³-hybridized carbons (Fsp3) is 0.231. The molecule has 1 heterocycles. The summed E-state index contributed by atoms with van der Waals surface area (Å²) >= 11 is 0. The molecule has 17 heavy (non-hydrogen) atoms. The zero-order valence-corrected chi connectivity index (χ0v) is 10.1. The fourth-order valence-electron chi connectivity index (χ4n) is 1.93. The highest BCUT2D eigenvalue weighted by Crippen LogP contribution is 2.21. The summed E-state index contributed by atoms with van der Waals surface area (Å²) in [6.45, 7) is 4.02. The Morgan fingerprint density at radius 1 is 1.18 bits per heavy atom. The predicted molar refractivity (Wildman–Crippen MR) is 65.1 cm³/mol. The van der Waals surface area contributed by atoms with E-state index in [1.165, 1.54) is 4.68 Å². The summed E-state index contributed by atoms with van der Waals surface area (Å²) in [5, 5.41) is 13.2. The minimum absolute atomic E-state index is 0.194. The smallest absolute Gasteiger partial charge is 0.354 e. The average Bonchev–Trinajstić information content (AvgIpc) is 2.59. The number of carboxylic acids is 1. The van der Waals surface area contributed by atoms with Gasteiger partial charge >= 0.3 is 5.97 Å². The van der Waals surface area contributed by atoms with Crippen molar-refractivity contribution in [3.05, 3.63) is 41.1 Å². The van der Waals surface area contributed by atoms with Crippen LogP contribution >= 0.6 is 0 Å². The van der Waals surface area contributed by atoms with Crippen LogP contribution in [0.1, 0.15) is 21.6 Å². The molecular formula is C13H14N2O2. The largest absolute Gasteiger partial charge is 0.477 e. The van der Waals surface area contributed by atoms with Crippen molar-refractivity contribution in [2.45, 2.75) is 13.8 Å². The summed E-state index contributed by atoms with van der Waals surface area (Å²) in [5.41, 5.74) is 4.12. The van der Waals surface area contributed by atoms with Crippen LogP contribution in [0.15, 0.2) is 24.3 Å². The molecule has 0 bridgehead atoms. The number of benzene rings is 1. The number of aryl methyl sites for hydroxylation is 3. The van der Waals surface area contributed by atoms with Crippen molar-refractivity contribution >= 4 is 5.97 Å². The maximum absolute atomic E-state index is 10.9. The molecule has 0 unspecified atom stereocenters. The molecule has 4 heteroatoms. The fourth-order valence-corrected chi connectivity index (χ4v) is 1.93. The van der Waals surface area contributed by atoms with Crippen LogP contribution in [0.5, 0.6) is 0 Å². The second-order valence-electron chi connectivity index (χ2n) is 4.22. The van der Waals surface area contributed by atoms with Gasteiger partial charge in [0.2, 0.25) is 0 Å². The van der Waals surface area contributed by atoms with Gasteiger partial charge in [0.05, 0.1) is 5.69 Å². The summed E-state index contributed by atoms with van der Waals surface area (Å²) in [5.74, 6) is -0.962. The molecule has 88 valence electrons. The molecule has 2 rings (SSSR count). The Kier molecular flexibility index (Phi) is 2.71. The number of nitrogens with zero attached hydrogens (tertiary/aromatic N) is 2. The summed E-state index contributed by atoms with van der Waals surface area (Å²) < 4.78 is 1.38. The molecule has 0 aliphatic carbocycles. The zero-order chi connectivity index (χ0) is 12.6. The first kappa shape index (κ1) is 11.4. The lowest BCUT2D eigenvalue weighted by atomic mass is 10.1. The molecule has 0 aliphatic rings. The molecule has 4 nitrogen and oxygen atoms in total. The van der Waals surface area contributed by atoms with Crippen LogP contribution in [-0.2, 0) is 7.05 Å². The topological polar surface area (TPSA) is 55.1 Å². The first-order chi connectivity index (χ1) is 7.97. The van der Waals surface area contributed by atoms with Gasteiger partial charge in [-0.25, -0.2) is 4.79 Å². The molecule has 0 radical (unpaired) electrons. The van der Waals surface area contributed by atoms with Gasteiger partial charge in [-0.15, -0.1) is 0 Å². The molecule has 0 atom stereocenters. The number of rotatable bonds is 2. The summed E-state index contributed by atoms with van der Waals surface area (Å²) in [6.07, 6.45) is 0. The maximum Gasteiger partial charge on any atom is 0.354 e. The number of aromatic carboxylic acids is 1. The Morgan fingerprint density at radius 3 is 2.24 bits per heavy atom. The first-order valence-corrected chi connectivity index (χ1v) is 5.33. The van der Waals surface area contributed by atoms with Gasteiger partial charge in [-0.05, 0) is 32.0 Å². The van der Waals surface area contributed by atoms with Crippen LogP contribution in [0.4, 0.5) is 0 Å². The number of hydrogen-bond acceptors (Lipinski definition) is 2. The van der Waals surface area contributed by atoms with Gasteiger partial charge in [0.1, 0.15) is 5.69 Å². The predicted octanol–water partition coefficient (Wildman–Crippen LogP) is 2.40. The molecule has 0 fully saturated rings. The third-order valence-corrected chi connectivity index (χ3v) is 2.62. The lowest BCUT2D eigenvalue weighted by Crippen LogP contribution is -2.04. The number of hydrogen-bond donors (Lipinski definition) is 1. The third-order valence-electron chi connectivity index (χ3n) is 2.62. The normalized spacial score (nSPS) is 10.5. The van der Waals surface area contributed by atoms with Gasteiger partial charge in [0.25, 0.3) is 0 Å². The Bertz CT molecular complexity index is 565. The number of carbonyl (C=O) groups is 1. The van der Waals surface area contributed by atoms with Crippen LogP contribution < -0.4 is 0 Å². The maximum atomic E-state index is 10.9. The highest BCUT2D eigenvalue weighted by Gasteiger charge is 2.12. The number of carboxylic acid groups (broad SMARTS) is 1. The average molecular weight is 230 g/mol. The van der Waals surface area contributed by atoms with E-state index < -0.39 is 5.97 Å². The van der Waals surface area contributed by atoms with E-state index in [0.717, 1.165) is 16.7 Å². The molecule has 0 saturated heterocycles. The molecule has 0 spiro atoms. The van der Waals surface area contributed by atoms with Crippen molar-refractivity contribution in [2.24, 2.45) is 7.05 Å². The van der Waals surface area contributed by atoms with Crippen molar-refractivity contribution in [2.75, 3.05) is 0 Å². The van der Waals surface area contributed by atoms with Gasteiger partial charge in [0, 0.05) is 12.6 Å². The Morgan fingerprint density at radius 2 is 1.76 bits per heavy atom. The van der Waals surface area contributed by atoms with E-state index in [1.54, 1.807) is 13.1 Å². The summed E-state index contributed by atoms with van der Waals surface area (Å²) in [6, 6.07) is 7.67. The SMILES string of the molecule is Cc1cc(C)cc(-c2cc(C(=O)O)n(C)n2)c1. The highest BCUT2D eigenvalue weighted by atomic mass is 16.4. The van der Waals surface area contributed by atoms with E-state index in [2.05, 4.69) is 11.2 Å². The Balaban J connectivity index is 2.53. The van der Waals surface area contributed by atoms with E-state index in [4.69, 9.17) is 5.11 Å². The van der Waals surface area contributed by atoms with Gasteiger partial charge in [-0.3, -0.25) is 4.68 Å². The van der Waals surface area contributed by atoms with Crippen LogP contribution in [0.25, 0.3) is 11.3 Å². The molecule has 0 saturated carbocycles. The van der Waals surface area contributed by atoms with E-state index >= 15 is 0 Å². The van der Waals surface area contributed by atoms with Gasteiger partial charge < -0.3 is 5.11 Å². The minimum atomic E-state index is -0.962. The van der Waals surface area contributed by atoms with Crippen molar-refractivity contribution in [1.82, 2.24) is 9.78 Å². The Labute approximate surface area is 99.5 Å². The molecule has 1 aromatic carbocycles. The monoisotopic (exact) mass is 230 g/mol. The lowest BCUT2D eigenvalue weighted by Gasteiger charge is -2.01. The van der Waals surface area contributed by atoms with E-state index in [1.807, 2.05) is 26.0 Å². The van der Waals surface area contributed by atoms with Crippen molar-refractivity contribution in [3.8, 4) is 11.3 Å². The van der Waals surface area contributed by atoms with Crippen molar-refractivity contribution in [1.29, 1.82) is 0 Å². The molecule has 0 amide bonds. The van der Waals surface area contributed by atoms with Gasteiger partial charge in [0.15, 0.2) is 0 Å². The van der Waals surface area contributed by atoms with E-state index in [9.17, 15) is 4.79 Å². The second-order valence-corrected chi connectivity index (χ2v) is 4.22. The summed E-state index contributed by atoms with van der Waals surface area (Å²) in [4.78, 5) is 10.9. The van der Waals surface area contributed by atoms with Crippen molar-refractivity contribution in [3.63, 3.8) is 0 Å². The van der Waals surface area contributed by atoms with Crippen molar-refractivity contribution < 1.29 is 9.90 Å². The van der Waals surface area contributed by atoms with Crippen LogP contribution in [0.2, 0.25) is 0 Å². The second kappa shape index (κ2) is 4.05. The van der Waals surface area contributed by atoms with Gasteiger partial charge in [-0.2, -0.15) is 5.10 Å². The van der Waals surface area contributed by atoms with E-state index in [-0.39, 0.29) is 5.69 Å². The molecule has 2 aromatic rings. The number of aromatic nitrogens is 2. The molecule has 0 aliphatic heterocycles. The highest BCUT2D eigenvalue weighted by molar-refractivity contribution is 5.87. The van der Waals surface area contributed by atoms with Gasteiger partial charge in [-0.1, -0.05) is 17.2 Å². The van der Waals surface area contributed by atoms with E-state index in [0.29, 0.717) is 5.69 Å². The quantitative estimate of drug-likeness (QED) is 0.861. The minimum Gasteiger partial charge on any atom is -0.477 e. The zero-order valence-electron chi connectivity index (χ0n) is 10.1. The van der Waals surface area contributed by atoms with Crippen LogP contribution in [0.3, 0.4) is 0 Å². The van der Waals surface area contributed by atoms with Crippen LogP contribution in [0, 0.1) is 13.8 Å².